The van der Waals surface area contributed by atoms with Gasteiger partial charge in [-0.1, -0.05) is 0 Å². The lowest BCUT2D eigenvalue weighted by atomic mass is 9.92. The Labute approximate surface area is 166 Å². The van der Waals surface area contributed by atoms with Crippen LogP contribution in [0.2, 0.25) is 0 Å². The number of hydrogen-bond donors (Lipinski definition) is 2. The smallest absolute Gasteiger partial charge is 0.205 e. The van der Waals surface area contributed by atoms with Gasteiger partial charge in [-0.25, -0.2) is 0 Å². The number of allylic oxidation sites excluding steroid dienone is 1. The second-order valence-corrected chi connectivity index (χ2v) is 6.08. The molecule has 0 saturated heterocycles. The molecule has 9 heteroatoms. The predicted octanol–water partition coefficient (Wildman–Crippen LogP) is 3.04. The molecule has 0 unspecified atom stereocenters. The Balaban J connectivity index is 2.22. The first-order valence-electron chi connectivity index (χ1n) is 8.60. The number of rotatable bonds is 7. The number of carbonyl (C=O) groups excluding carboxylic acids is 2. The Bertz CT molecular complexity index is 993. The van der Waals surface area contributed by atoms with Crippen LogP contribution in [-0.4, -0.2) is 52.2 Å². The van der Waals surface area contributed by atoms with E-state index in [9.17, 15) is 14.7 Å². The number of carbonyl (C=O) groups is 2. The van der Waals surface area contributed by atoms with E-state index in [1.165, 1.54) is 40.6 Å². The number of ketones is 2. The van der Waals surface area contributed by atoms with Crippen LogP contribution in [0.3, 0.4) is 0 Å². The van der Waals surface area contributed by atoms with Gasteiger partial charge in [0.2, 0.25) is 11.6 Å². The third-order valence-electron chi connectivity index (χ3n) is 4.61. The molecular weight excluding hydrogens is 382 g/mol. The summed E-state index contributed by atoms with van der Waals surface area (Å²) in [5.41, 5.74) is 0.184. The molecule has 0 fully saturated rings. The molecule has 29 heavy (non-hydrogen) atoms. The van der Waals surface area contributed by atoms with Crippen LogP contribution in [-0.2, 0) is 4.74 Å². The number of nitrogens with one attached hydrogen (secondary N) is 1. The molecule has 0 aliphatic heterocycles. The molecule has 1 aromatic carbocycles. The highest BCUT2D eigenvalue weighted by molar-refractivity contribution is 6.21. The van der Waals surface area contributed by atoms with Gasteiger partial charge in [0, 0.05) is 12.6 Å². The van der Waals surface area contributed by atoms with E-state index in [1.54, 1.807) is 7.05 Å². The van der Waals surface area contributed by atoms with Gasteiger partial charge in [0.25, 0.3) is 0 Å². The highest BCUT2D eigenvalue weighted by Gasteiger charge is 2.37. The third-order valence-corrected chi connectivity index (χ3v) is 4.61. The summed E-state index contributed by atoms with van der Waals surface area (Å²) in [7, 11) is 7.20. The van der Waals surface area contributed by atoms with E-state index in [-0.39, 0.29) is 57.8 Å². The van der Waals surface area contributed by atoms with Crippen molar-refractivity contribution in [3.63, 3.8) is 0 Å². The standard InChI is InChI=1S/C20H21NO8/c1-21-20-15(14-10(22)8-11(25-2)17(24)19(14)29-20)16(23)9-6-12(26-3)18(28-5)13(7-9)27-4/h6-7,21,24H,8H2,1-5H3. The number of furan rings is 1. The molecule has 0 bridgehead atoms. The summed E-state index contributed by atoms with van der Waals surface area (Å²) in [5, 5.41) is 13.1. The highest BCUT2D eigenvalue weighted by atomic mass is 16.5. The van der Waals surface area contributed by atoms with Crippen LogP contribution in [0.1, 0.15) is 38.5 Å². The molecule has 0 saturated carbocycles. The van der Waals surface area contributed by atoms with Gasteiger partial charge in [-0.3, -0.25) is 9.59 Å². The highest BCUT2D eigenvalue weighted by Crippen LogP contribution is 2.42. The SMILES string of the molecule is CNc1oc2c(c1C(=O)c1cc(OC)c(OC)c(OC)c1)C(=O)CC(OC)=C2O. The van der Waals surface area contributed by atoms with Crippen LogP contribution < -0.4 is 19.5 Å². The first-order valence-corrected chi connectivity index (χ1v) is 8.60. The summed E-state index contributed by atoms with van der Waals surface area (Å²) in [6.07, 6.45) is -0.187. The topological polar surface area (TPSA) is 116 Å². The Morgan fingerprint density at radius 3 is 2.17 bits per heavy atom. The zero-order valence-corrected chi connectivity index (χ0v) is 16.7. The number of aliphatic hydroxyl groups is 1. The maximum atomic E-state index is 13.4. The van der Waals surface area contributed by atoms with Crippen molar-refractivity contribution in [2.24, 2.45) is 0 Å². The van der Waals surface area contributed by atoms with Crippen LogP contribution in [0.5, 0.6) is 17.2 Å². The van der Waals surface area contributed by atoms with E-state index >= 15 is 0 Å². The summed E-state index contributed by atoms with van der Waals surface area (Å²) in [5.74, 6) is -0.326. The van der Waals surface area contributed by atoms with Crippen LogP contribution in [0.15, 0.2) is 22.3 Å². The minimum atomic E-state index is -0.513. The lowest BCUT2D eigenvalue weighted by Crippen LogP contribution is -2.16. The molecule has 1 aromatic heterocycles. The van der Waals surface area contributed by atoms with Gasteiger partial charge in [-0.05, 0) is 12.1 Å². The maximum Gasteiger partial charge on any atom is 0.205 e. The Morgan fingerprint density at radius 2 is 1.69 bits per heavy atom. The molecule has 2 N–H and O–H groups in total. The van der Waals surface area contributed by atoms with E-state index in [0.717, 1.165) is 0 Å². The molecule has 3 rings (SSSR count). The number of Topliss-reactive ketones (excluding diaryl/α,β-unsaturated/α-hetero) is 1. The molecule has 154 valence electrons. The van der Waals surface area contributed by atoms with Crippen molar-refractivity contribution in [2.45, 2.75) is 6.42 Å². The van der Waals surface area contributed by atoms with Crippen LogP contribution in [0, 0.1) is 0 Å². The predicted molar refractivity (Wildman–Crippen MR) is 103 cm³/mol. The van der Waals surface area contributed by atoms with E-state index in [4.69, 9.17) is 23.4 Å². The zero-order chi connectivity index (χ0) is 21.3. The summed E-state index contributed by atoms with van der Waals surface area (Å²) >= 11 is 0. The fraction of sp³-hybridized carbons (Fsp3) is 0.300. The molecule has 0 radical (unpaired) electrons. The normalized spacial score (nSPS) is 13.1. The number of aliphatic hydroxyl groups excluding tert-OH is 1. The zero-order valence-electron chi connectivity index (χ0n) is 16.7. The van der Waals surface area contributed by atoms with Gasteiger partial charge < -0.3 is 33.8 Å². The average molecular weight is 403 g/mol. The summed E-state index contributed by atoms with van der Waals surface area (Å²) in [6, 6.07) is 2.96. The van der Waals surface area contributed by atoms with E-state index in [0.29, 0.717) is 5.75 Å². The first-order chi connectivity index (χ1) is 13.9. The van der Waals surface area contributed by atoms with Gasteiger partial charge in [-0.2, -0.15) is 0 Å². The maximum absolute atomic E-state index is 13.4. The third kappa shape index (κ3) is 3.14. The Kier molecular flexibility index (Phi) is 5.40. The molecule has 1 aliphatic rings. The number of methoxy groups -OCH3 is 4. The largest absolute Gasteiger partial charge is 0.502 e. The van der Waals surface area contributed by atoms with E-state index in [1.807, 2.05) is 0 Å². The van der Waals surface area contributed by atoms with Crippen LogP contribution in [0.4, 0.5) is 5.88 Å². The molecule has 0 spiro atoms. The summed E-state index contributed by atoms with van der Waals surface area (Å²) in [6.45, 7) is 0. The number of ether oxygens (including phenoxy) is 4. The number of benzene rings is 1. The molecule has 0 amide bonds. The lowest BCUT2D eigenvalue weighted by Gasteiger charge is -2.15. The van der Waals surface area contributed by atoms with E-state index in [2.05, 4.69) is 5.32 Å². The summed E-state index contributed by atoms with van der Waals surface area (Å²) < 4.78 is 26.5. The van der Waals surface area contributed by atoms with Crippen molar-refractivity contribution in [3.05, 3.63) is 40.3 Å². The quantitative estimate of drug-likeness (QED) is 0.673. The molecular formula is C20H21NO8. The number of anilines is 1. The minimum Gasteiger partial charge on any atom is -0.502 e. The Morgan fingerprint density at radius 1 is 1.07 bits per heavy atom. The molecule has 2 aromatic rings. The average Bonchev–Trinajstić information content (AvgIpc) is 3.14. The molecule has 9 nitrogen and oxygen atoms in total. The molecule has 1 heterocycles. The van der Waals surface area contributed by atoms with Crippen molar-refractivity contribution >= 4 is 23.2 Å². The van der Waals surface area contributed by atoms with Gasteiger partial charge in [0.1, 0.15) is 5.76 Å². The molecule has 1 aliphatic carbocycles. The fourth-order valence-electron chi connectivity index (χ4n) is 3.23. The molecule has 0 atom stereocenters. The van der Waals surface area contributed by atoms with Crippen molar-refractivity contribution in [1.29, 1.82) is 0 Å². The van der Waals surface area contributed by atoms with Crippen LogP contribution in [0.25, 0.3) is 5.76 Å². The second-order valence-electron chi connectivity index (χ2n) is 6.08. The first kappa shape index (κ1) is 20.1. The van der Waals surface area contributed by atoms with Gasteiger partial charge in [0.15, 0.2) is 34.6 Å². The van der Waals surface area contributed by atoms with Gasteiger partial charge in [0.05, 0.1) is 46.0 Å². The van der Waals surface area contributed by atoms with Gasteiger partial charge in [-0.15, -0.1) is 0 Å². The van der Waals surface area contributed by atoms with Crippen molar-refractivity contribution in [3.8, 4) is 17.2 Å². The Hall–Kier alpha value is -3.62. The minimum absolute atomic E-state index is 0.00322. The second kappa shape index (κ2) is 7.78. The van der Waals surface area contributed by atoms with Crippen LogP contribution >= 0.6 is 0 Å². The lowest BCUT2D eigenvalue weighted by molar-refractivity contribution is 0.0951. The fourth-order valence-corrected chi connectivity index (χ4v) is 3.23. The van der Waals surface area contributed by atoms with Crippen molar-refractivity contribution in [1.82, 2.24) is 0 Å². The summed E-state index contributed by atoms with van der Waals surface area (Å²) in [4.78, 5) is 26.1. The number of fused-ring (bicyclic) bond motifs is 1. The number of hydrogen-bond acceptors (Lipinski definition) is 9. The van der Waals surface area contributed by atoms with Crippen molar-refractivity contribution in [2.75, 3.05) is 40.8 Å². The van der Waals surface area contributed by atoms with E-state index < -0.39 is 11.6 Å². The monoisotopic (exact) mass is 403 g/mol. The van der Waals surface area contributed by atoms with Crippen molar-refractivity contribution < 1.29 is 38.1 Å². The van der Waals surface area contributed by atoms with Gasteiger partial charge >= 0.3 is 0 Å².